The van der Waals surface area contributed by atoms with Crippen molar-refractivity contribution >= 4 is 23.6 Å². The van der Waals surface area contributed by atoms with E-state index in [4.69, 9.17) is 4.99 Å². The van der Waals surface area contributed by atoms with Crippen LogP contribution >= 0.6 is 0 Å². The lowest BCUT2D eigenvalue weighted by Crippen LogP contribution is -2.65. The average Bonchev–Trinajstić information content (AvgIpc) is 3.33. The van der Waals surface area contributed by atoms with E-state index in [0.717, 1.165) is 44.4 Å². The van der Waals surface area contributed by atoms with Gasteiger partial charge < -0.3 is 19.6 Å². The summed E-state index contributed by atoms with van der Waals surface area (Å²) in [7, 11) is 1.76. The third-order valence-electron chi connectivity index (χ3n) is 6.53. The molecule has 0 aromatic heterocycles. The molecule has 1 aromatic rings. The van der Waals surface area contributed by atoms with E-state index in [1.165, 1.54) is 24.2 Å². The van der Waals surface area contributed by atoms with Gasteiger partial charge in [-0.2, -0.15) is 0 Å². The Labute approximate surface area is 171 Å². The molecule has 3 saturated heterocycles. The second-order valence-electron chi connectivity index (χ2n) is 8.25. The molecule has 0 bridgehead atoms. The molecule has 0 N–H and O–H groups in total. The molecule has 1 aromatic carbocycles. The third kappa shape index (κ3) is 3.06. The van der Waals surface area contributed by atoms with Crippen LogP contribution in [-0.4, -0.2) is 96.0 Å². The minimum absolute atomic E-state index is 0.108. The number of rotatable bonds is 4. The molecular weight excluding hydrogens is 368 g/mol. The predicted octanol–water partition coefficient (Wildman–Crippen LogP) is 1.25. The number of benzene rings is 1. The lowest BCUT2D eigenvalue weighted by molar-refractivity contribution is -0.137. The normalized spacial score (nSPS) is 27.4. The smallest absolute Gasteiger partial charge is 0.325 e. The van der Waals surface area contributed by atoms with Gasteiger partial charge in [0.25, 0.3) is 5.91 Å². The first-order valence-electron chi connectivity index (χ1n) is 10.6. The zero-order valence-corrected chi connectivity index (χ0v) is 16.9. The summed E-state index contributed by atoms with van der Waals surface area (Å²) in [6.07, 6.45) is 3.24. The average molecular weight is 396 g/mol. The molecule has 3 fully saturated rings. The van der Waals surface area contributed by atoms with E-state index in [1.807, 2.05) is 18.2 Å². The SMILES string of the molecule is CN1C(=O)N(CCN2CCCCC2)C(=O)C2C1N=C1N(c3ccccc3)CCN12. The molecule has 3 amide bonds. The van der Waals surface area contributed by atoms with Crippen molar-refractivity contribution in [3.05, 3.63) is 30.3 Å². The summed E-state index contributed by atoms with van der Waals surface area (Å²) in [4.78, 5) is 40.8. The van der Waals surface area contributed by atoms with Crippen LogP contribution in [0.5, 0.6) is 0 Å². The van der Waals surface area contributed by atoms with Crippen molar-refractivity contribution in [2.45, 2.75) is 31.5 Å². The van der Waals surface area contributed by atoms with E-state index in [2.05, 4.69) is 26.8 Å². The number of carbonyl (C=O) groups is 2. The quantitative estimate of drug-likeness (QED) is 0.767. The van der Waals surface area contributed by atoms with Gasteiger partial charge >= 0.3 is 6.03 Å². The first kappa shape index (κ1) is 18.4. The number of likely N-dealkylation sites (N-methyl/N-ethyl adjacent to an activating group) is 1. The van der Waals surface area contributed by atoms with Crippen LogP contribution in [0, 0.1) is 0 Å². The van der Waals surface area contributed by atoms with Crippen LogP contribution in [0.1, 0.15) is 19.3 Å². The van der Waals surface area contributed by atoms with Crippen LogP contribution in [0.2, 0.25) is 0 Å². The van der Waals surface area contributed by atoms with Crippen LogP contribution in [0.25, 0.3) is 0 Å². The number of amides is 3. The molecule has 4 heterocycles. The minimum atomic E-state index is -0.442. The number of anilines is 1. The Morgan fingerprint density at radius 3 is 2.48 bits per heavy atom. The van der Waals surface area contributed by atoms with E-state index >= 15 is 0 Å². The maximum atomic E-state index is 13.3. The second-order valence-corrected chi connectivity index (χ2v) is 8.25. The summed E-state index contributed by atoms with van der Waals surface area (Å²) in [5.74, 6) is 0.695. The fraction of sp³-hybridized carbons (Fsp3) is 0.571. The number of hydrogen-bond acceptors (Lipinski definition) is 6. The van der Waals surface area contributed by atoms with Gasteiger partial charge in [-0.05, 0) is 38.1 Å². The molecule has 154 valence electrons. The van der Waals surface area contributed by atoms with E-state index in [1.54, 1.807) is 11.9 Å². The van der Waals surface area contributed by atoms with Crippen LogP contribution in [0.15, 0.2) is 35.3 Å². The monoisotopic (exact) mass is 396 g/mol. The van der Waals surface area contributed by atoms with Gasteiger partial charge in [-0.1, -0.05) is 24.6 Å². The van der Waals surface area contributed by atoms with Gasteiger partial charge in [-0.3, -0.25) is 9.69 Å². The van der Waals surface area contributed by atoms with Crippen molar-refractivity contribution in [3.63, 3.8) is 0 Å². The topological polar surface area (TPSA) is 62.7 Å². The Bertz CT molecular complexity index is 822. The fourth-order valence-electron chi connectivity index (χ4n) is 4.92. The highest BCUT2D eigenvalue weighted by Gasteiger charge is 2.54. The number of urea groups is 1. The first-order chi connectivity index (χ1) is 14.1. The first-order valence-corrected chi connectivity index (χ1v) is 10.6. The number of piperidine rings is 1. The molecule has 0 saturated carbocycles. The van der Waals surface area contributed by atoms with Crippen LogP contribution < -0.4 is 4.90 Å². The van der Waals surface area contributed by atoms with E-state index in [9.17, 15) is 9.59 Å². The molecule has 8 nitrogen and oxygen atoms in total. The number of guanidine groups is 1. The molecule has 4 aliphatic rings. The number of carbonyl (C=O) groups excluding carboxylic acids is 2. The lowest BCUT2D eigenvalue weighted by Gasteiger charge is -2.41. The molecule has 2 unspecified atom stereocenters. The van der Waals surface area contributed by atoms with Crippen molar-refractivity contribution in [1.29, 1.82) is 0 Å². The number of hydrogen-bond donors (Lipinski definition) is 0. The Morgan fingerprint density at radius 2 is 1.72 bits per heavy atom. The number of imide groups is 1. The Morgan fingerprint density at radius 1 is 0.966 bits per heavy atom. The third-order valence-corrected chi connectivity index (χ3v) is 6.53. The van der Waals surface area contributed by atoms with Gasteiger partial charge in [0.15, 0.2) is 12.2 Å². The molecule has 4 aliphatic heterocycles. The van der Waals surface area contributed by atoms with Crippen molar-refractivity contribution in [3.8, 4) is 0 Å². The van der Waals surface area contributed by atoms with Crippen molar-refractivity contribution in [2.75, 3.05) is 51.2 Å². The summed E-state index contributed by atoms with van der Waals surface area (Å²) in [6.45, 7) is 4.86. The molecule has 0 aliphatic carbocycles. The lowest BCUT2D eigenvalue weighted by atomic mass is 10.1. The van der Waals surface area contributed by atoms with E-state index in [-0.39, 0.29) is 11.9 Å². The molecule has 29 heavy (non-hydrogen) atoms. The summed E-state index contributed by atoms with van der Waals surface area (Å²) in [6, 6.07) is 9.45. The Balaban J connectivity index is 1.34. The number of likely N-dealkylation sites (tertiary alicyclic amines) is 1. The Hall–Kier alpha value is -2.61. The fourth-order valence-corrected chi connectivity index (χ4v) is 4.92. The van der Waals surface area contributed by atoms with Crippen molar-refractivity contribution < 1.29 is 9.59 Å². The van der Waals surface area contributed by atoms with Crippen LogP contribution in [-0.2, 0) is 4.79 Å². The highest BCUT2D eigenvalue weighted by Crippen LogP contribution is 2.33. The highest BCUT2D eigenvalue weighted by atomic mass is 16.2. The summed E-state index contributed by atoms with van der Waals surface area (Å²) < 4.78 is 0. The van der Waals surface area contributed by atoms with Gasteiger partial charge in [-0.15, -0.1) is 0 Å². The standard InChI is InChI=1S/C21H28N6O2/c1-23-18-17(19(28)27(21(23)29)13-12-24-10-6-3-7-11-24)26-15-14-25(20(26)22-18)16-8-4-2-5-9-16/h2,4-5,8-9,17-18H,3,6-7,10-15H2,1H3. The summed E-state index contributed by atoms with van der Waals surface area (Å²) in [5, 5.41) is 0. The van der Waals surface area contributed by atoms with E-state index < -0.39 is 12.2 Å². The Kier molecular flexibility index (Phi) is 4.66. The maximum absolute atomic E-state index is 13.3. The second kappa shape index (κ2) is 7.33. The van der Waals surface area contributed by atoms with Gasteiger partial charge in [0.1, 0.15) is 0 Å². The summed E-state index contributed by atoms with van der Waals surface area (Å²) >= 11 is 0. The van der Waals surface area contributed by atoms with Crippen molar-refractivity contribution in [2.24, 2.45) is 4.99 Å². The summed E-state index contributed by atoms with van der Waals surface area (Å²) in [5.41, 5.74) is 1.07. The maximum Gasteiger partial charge on any atom is 0.328 e. The number of para-hydroxylation sites is 1. The largest absolute Gasteiger partial charge is 0.328 e. The molecular formula is C21H28N6O2. The molecule has 5 rings (SSSR count). The molecule has 0 spiro atoms. The predicted molar refractivity (Wildman–Crippen MR) is 111 cm³/mol. The van der Waals surface area contributed by atoms with Gasteiger partial charge in [0.2, 0.25) is 5.96 Å². The van der Waals surface area contributed by atoms with Gasteiger partial charge in [0, 0.05) is 38.9 Å². The van der Waals surface area contributed by atoms with Gasteiger partial charge in [-0.25, -0.2) is 9.79 Å². The van der Waals surface area contributed by atoms with Crippen LogP contribution in [0.3, 0.4) is 0 Å². The van der Waals surface area contributed by atoms with Gasteiger partial charge in [0.05, 0.1) is 0 Å². The number of nitrogens with zero attached hydrogens (tertiary/aromatic N) is 6. The zero-order valence-electron chi connectivity index (χ0n) is 16.9. The van der Waals surface area contributed by atoms with Crippen LogP contribution in [0.4, 0.5) is 10.5 Å². The zero-order chi connectivity index (χ0) is 20.0. The number of fused-ring (bicyclic) bond motifs is 3. The molecule has 0 radical (unpaired) electrons. The highest BCUT2D eigenvalue weighted by molar-refractivity contribution is 6.07. The molecule has 2 atom stereocenters. The van der Waals surface area contributed by atoms with E-state index in [0.29, 0.717) is 6.54 Å². The number of aliphatic imine (C=N–C) groups is 1. The minimum Gasteiger partial charge on any atom is -0.325 e. The molecule has 8 heteroatoms. The van der Waals surface area contributed by atoms with Crippen molar-refractivity contribution in [1.82, 2.24) is 19.6 Å².